The van der Waals surface area contributed by atoms with Crippen molar-refractivity contribution in [1.29, 1.82) is 0 Å². The second-order valence-electron chi connectivity index (χ2n) is 6.07. The lowest BCUT2D eigenvalue weighted by Crippen LogP contribution is -2.31. The molecule has 1 aromatic rings. The molecule has 1 aromatic heterocycles. The van der Waals surface area contributed by atoms with Gasteiger partial charge in [0.25, 0.3) is 0 Å². The first-order valence-electron chi connectivity index (χ1n) is 8.06. The summed E-state index contributed by atoms with van der Waals surface area (Å²) >= 11 is 12.3. The first kappa shape index (κ1) is 19.8. The number of halogens is 3. The summed E-state index contributed by atoms with van der Waals surface area (Å²) in [5.41, 5.74) is 0.0330. The van der Waals surface area contributed by atoms with Gasteiger partial charge in [0, 0.05) is 0 Å². The van der Waals surface area contributed by atoms with Crippen LogP contribution in [0.3, 0.4) is 0 Å². The predicted octanol–water partition coefficient (Wildman–Crippen LogP) is 7.17. The third-order valence-electron chi connectivity index (χ3n) is 4.14. The van der Waals surface area contributed by atoms with E-state index in [1.54, 1.807) is 0 Å². The Labute approximate surface area is 156 Å². The predicted molar refractivity (Wildman–Crippen MR) is 104 cm³/mol. The van der Waals surface area contributed by atoms with Crippen LogP contribution in [0.25, 0.3) is 0 Å². The lowest BCUT2D eigenvalue weighted by molar-refractivity contribution is 0.228. The fourth-order valence-corrected chi connectivity index (χ4v) is 3.84. The van der Waals surface area contributed by atoms with E-state index >= 15 is 0 Å². The van der Waals surface area contributed by atoms with E-state index in [0.29, 0.717) is 0 Å². The molecule has 0 radical (unpaired) electrons. The van der Waals surface area contributed by atoms with Crippen molar-refractivity contribution >= 4 is 50.1 Å². The van der Waals surface area contributed by atoms with Gasteiger partial charge in [0.1, 0.15) is 9.76 Å². The maximum atomic E-state index is 6.50. The van der Waals surface area contributed by atoms with Crippen LogP contribution < -0.4 is 0 Å². The van der Waals surface area contributed by atoms with E-state index in [1.807, 2.05) is 0 Å². The minimum atomic E-state index is 0.0330. The summed E-state index contributed by atoms with van der Waals surface area (Å²) in [6, 6.07) is 0. The number of hydrogen-bond donors (Lipinski definition) is 0. The maximum absolute atomic E-state index is 6.50. The average Bonchev–Trinajstić information content (AvgIpc) is 2.73. The van der Waals surface area contributed by atoms with Crippen LogP contribution in [0.15, 0.2) is 4.60 Å². The Hall–Kier alpha value is 0.710. The molecular formula is C16H27BrClIN2. The summed E-state index contributed by atoms with van der Waals surface area (Å²) < 4.78 is 3.93. The summed E-state index contributed by atoms with van der Waals surface area (Å²) in [5, 5.41) is 5.42. The molecule has 1 atom stereocenters. The molecule has 0 N–H and O–H groups in total. The van der Waals surface area contributed by atoms with Crippen LogP contribution >= 0.6 is 50.1 Å². The largest absolute Gasteiger partial charge is 0.246 e. The van der Waals surface area contributed by atoms with E-state index in [4.69, 9.17) is 11.6 Å². The summed E-state index contributed by atoms with van der Waals surface area (Å²) in [6.45, 7) is 6.81. The summed E-state index contributed by atoms with van der Waals surface area (Å²) in [6.07, 6.45) is 11.3. The van der Waals surface area contributed by atoms with Crippen LogP contribution in [0.5, 0.6) is 0 Å². The van der Waals surface area contributed by atoms with E-state index in [2.05, 4.69) is 69.1 Å². The first-order chi connectivity index (χ1) is 9.96. The lowest BCUT2D eigenvalue weighted by Gasteiger charge is -2.31. The maximum Gasteiger partial charge on any atom is 0.143 e. The zero-order valence-corrected chi connectivity index (χ0v) is 17.9. The standard InChI is InChI=1S/C16H27BrClIN2/c1-4-6-8-9-10-12-16(3,11-7-5-2)21-15(18)13(19)14(17)20-21/h4-12H2,1-3H3. The second-order valence-corrected chi connectivity index (χ2v) is 8.26. The fourth-order valence-electron chi connectivity index (χ4n) is 2.72. The monoisotopic (exact) mass is 488 g/mol. The molecule has 2 nitrogen and oxygen atoms in total. The number of unbranched alkanes of at least 4 members (excludes halogenated alkanes) is 5. The number of nitrogens with zero attached hydrogens (tertiary/aromatic N) is 2. The molecule has 5 heteroatoms. The van der Waals surface area contributed by atoms with E-state index in [0.717, 1.165) is 26.2 Å². The molecule has 0 spiro atoms. The van der Waals surface area contributed by atoms with Gasteiger partial charge in [-0.2, -0.15) is 5.10 Å². The van der Waals surface area contributed by atoms with Crippen molar-refractivity contribution in [3.8, 4) is 0 Å². The molecule has 21 heavy (non-hydrogen) atoms. The highest BCUT2D eigenvalue weighted by atomic mass is 127. The Bertz CT molecular complexity index is 436. The van der Waals surface area contributed by atoms with E-state index in [9.17, 15) is 0 Å². The molecule has 122 valence electrons. The van der Waals surface area contributed by atoms with Crippen LogP contribution in [0.2, 0.25) is 5.15 Å². The Morgan fingerprint density at radius 2 is 1.67 bits per heavy atom. The van der Waals surface area contributed by atoms with Crippen molar-refractivity contribution in [3.05, 3.63) is 13.3 Å². The fraction of sp³-hybridized carbons (Fsp3) is 0.812. The van der Waals surface area contributed by atoms with Crippen LogP contribution in [0, 0.1) is 3.57 Å². The van der Waals surface area contributed by atoms with Gasteiger partial charge in [0.05, 0.1) is 9.11 Å². The van der Waals surface area contributed by atoms with Gasteiger partial charge in [0.2, 0.25) is 0 Å². The van der Waals surface area contributed by atoms with Gasteiger partial charge in [-0.3, -0.25) is 0 Å². The van der Waals surface area contributed by atoms with Crippen molar-refractivity contribution in [2.75, 3.05) is 0 Å². The van der Waals surface area contributed by atoms with Crippen molar-refractivity contribution in [2.24, 2.45) is 0 Å². The minimum Gasteiger partial charge on any atom is -0.246 e. The van der Waals surface area contributed by atoms with Crippen LogP contribution in [-0.4, -0.2) is 9.78 Å². The molecule has 0 aliphatic rings. The molecule has 0 aliphatic heterocycles. The molecule has 1 heterocycles. The molecule has 0 aromatic carbocycles. The third kappa shape index (κ3) is 5.69. The topological polar surface area (TPSA) is 17.8 Å². The Balaban J connectivity index is 2.79. The first-order valence-corrected chi connectivity index (χ1v) is 10.3. The van der Waals surface area contributed by atoms with E-state index in [-0.39, 0.29) is 5.54 Å². The van der Waals surface area contributed by atoms with E-state index < -0.39 is 0 Å². The smallest absolute Gasteiger partial charge is 0.143 e. The van der Waals surface area contributed by atoms with E-state index in [1.165, 1.54) is 44.9 Å². The van der Waals surface area contributed by atoms with Crippen molar-refractivity contribution in [2.45, 2.75) is 84.1 Å². The minimum absolute atomic E-state index is 0.0330. The van der Waals surface area contributed by atoms with Gasteiger partial charge in [-0.05, 0) is 58.3 Å². The number of rotatable bonds is 10. The van der Waals surface area contributed by atoms with Gasteiger partial charge in [0.15, 0.2) is 0 Å². The molecule has 0 bridgehead atoms. The van der Waals surface area contributed by atoms with Crippen LogP contribution in [0.1, 0.15) is 78.6 Å². The quantitative estimate of drug-likeness (QED) is 0.252. The van der Waals surface area contributed by atoms with Crippen molar-refractivity contribution in [3.63, 3.8) is 0 Å². The highest BCUT2D eigenvalue weighted by molar-refractivity contribution is 14.1. The highest BCUT2D eigenvalue weighted by Gasteiger charge is 2.30. The number of aromatic nitrogens is 2. The van der Waals surface area contributed by atoms with Gasteiger partial charge in [-0.25, -0.2) is 4.68 Å². The van der Waals surface area contributed by atoms with Gasteiger partial charge in [-0.1, -0.05) is 70.4 Å². The summed E-state index contributed by atoms with van der Waals surface area (Å²) in [7, 11) is 0. The normalized spacial score (nSPS) is 14.4. The molecule has 0 saturated carbocycles. The van der Waals surface area contributed by atoms with Crippen molar-refractivity contribution < 1.29 is 0 Å². The SMILES string of the molecule is CCCCCCCC(C)(CCCC)n1nc(Br)c(I)c1Cl. The molecule has 0 amide bonds. The zero-order chi connectivity index (χ0) is 15.9. The molecular weight excluding hydrogens is 462 g/mol. The van der Waals surface area contributed by atoms with Gasteiger partial charge in [-0.15, -0.1) is 0 Å². The Morgan fingerprint density at radius 3 is 2.19 bits per heavy atom. The van der Waals surface area contributed by atoms with Crippen LogP contribution in [0.4, 0.5) is 0 Å². The molecule has 1 unspecified atom stereocenters. The summed E-state index contributed by atoms with van der Waals surface area (Å²) in [4.78, 5) is 0. The lowest BCUT2D eigenvalue weighted by atomic mass is 9.88. The average molecular weight is 490 g/mol. The molecule has 0 saturated heterocycles. The Kier molecular flexibility index (Phi) is 9.18. The van der Waals surface area contributed by atoms with Gasteiger partial charge < -0.3 is 0 Å². The Morgan fingerprint density at radius 1 is 1.10 bits per heavy atom. The zero-order valence-electron chi connectivity index (χ0n) is 13.4. The third-order valence-corrected chi connectivity index (χ3v) is 7.12. The van der Waals surface area contributed by atoms with Crippen LogP contribution in [-0.2, 0) is 5.54 Å². The van der Waals surface area contributed by atoms with Gasteiger partial charge >= 0.3 is 0 Å². The number of hydrogen-bond acceptors (Lipinski definition) is 1. The molecule has 0 aliphatic carbocycles. The molecule has 1 rings (SSSR count). The second kappa shape index (κ2) is 9.76. The van der Waals surface area contributed by atoms with Crippen molar-refractivity contribution in [1.82, 2.24) is 9.78 Å². The molecule has 0 fully saturated rings. The highest BCUT2D eigenvalue weighted by Crippen LogP contribution is 2.36. The summed E-state index contributed by atoms with van der Waals surface area (Å²) in [5.74, 6) is 0.